The van der Waals surface area contributed by atoms with Gasteiger partial charge in [0.2, 0.25) is 0 Å². The maximum atomic E-state index is 5.63. The molecule has 0 bridgehead atoms. The molecule has 0 aliphatic rings. The summed E-state index contributed by atoms with van der Waals surface area (Å²) in [6, 6.07) is 7.69. The van der Waals surface area contributed by atoms with E-state index in [4.69, 9.17) is 5.73 Å². The van der Waals surface area contributed by atoms with Gasteiger partial charge >= 0.3 is 0 Å². The molecule has 0 radical (unpaired) electrons. The summed E-state index contributed by atoms with van der Waals surface area (Å²) in [6.07, 6.45) is 3.61. The maximum absolute atomic E-state index is 5.63. The lowest BCUT2D eigenvalue weighted by molar-refractivity contribution is -0.272. The summed E-state index contributed by atoms with van der Waals surface area (Å²) < 4.78 is 0. The third-order valence-corrected chi connectivity index (χ3v) is 1.29. The lowest BCUT2D eigenvalue weighted by Gasteiger charge is -1.95. The molecule has 5 N–H and O–H groups in total. The van der Waals surface area contributed by atoms with E-state index in [9.17, 15) is 0 Å². The van der Waals surface area contributed by atoms with Crippen LogP contribution < -0.4 is 11.5 Å². The Morgan fingerprint density at radius 2 is 2.00 bits per heavy atom. The van der Waals surface area contributed by atoms with Crippen molar-refractivity contribution in [2.75, 3.05) is 5.73 Å². The lowest BCUT2D eigenvalue weighted by atomic mass is 10.2. The van der Waals surface area contributed by atoms with Crippen molar-refractivity contribution in [2.45, 2.75) is 0 Å². The van der Waals surface area contributed by atoms with Crippen LogP contribution in [0.5, 0.6) is 0 Å². The highest BCUT2D eigenvalue weighted by Gasteiger charge is 1.89. The first-order valence-corrected chi connectivity index (χ1v) is 3.15. The SMILES string of the molecule is Nc1ccccc1/C=C\[NH3+]. The molecule has 0 saturated carbocycles. The van der Waals surface area contributed by atoms with E-state index in [0.29, 0.717) is 0 Å². The number of benzene rings is 1. The molecular formula is C8H11N2+. The van der Waals surface area contributed by atoms with Crippen molar-refractivity contribution >= 4 is 11.8 Å². The zero-order chi connectivity index (χ0) is 7.40. The Morgan fingerprint density at radius 3 is 2.60 bits per heavy atom. The Bertz CT molecular complexity index is 241. The number of hydrogen-bond acceptors (Lipinski definition) is 1. The van der Waals surface area contributed by atoms with Gasteiger partial charge in [-0.25, -0.2) is 0 Å². The van der Waals surface area contributed by atoms with E-state index in [2.05, 4.69) is 5.73 Å². The molecule has 0 saturated heterocycles. The van der Waals surface area contributed by atoms with Crippen molar-refractivity contribution < 1.29 is 5.73 Å². The standard InChI is InChI=1S/C8H10N2/c9-6-5-7-3-1-2-4-8(7)10/h1-6H,9-10H2/p+1/b6-5-. The molecular weight excluding hydrogens is 124 g/mol. The Morgan fingerprint density at radius 1 is 1.30 bits per heavy atom. The molecule has 0 spiro atoms. The second-order valence-corrected chi connectivity index (χ2v) is 2.03. The summed E-state index contributed by atoms with van der Waals surface area (Å²) in [7, 11) is 0. The summed E-state index contributed by atoms with van der Waals surface area (Å²) >= 11 is 0. The number of para-hydroxylation sites is 1. The number of quaternary nitrogens is 1. The third-order valence-electron chi connectivity index (χ3n) is 1.29. The van der Waals surface area contributed by atoms with Gasteiger partial charge in [0.15, 0.2) is 0 Å². The Kier molecular flexibility index (Phi) is 2.07. The van der Waals surface area contributed by atoms with Gasteiger partial charge in [-0.2, -0.15) is 0 Å². The largest absolute Gasteiger partial charge is 0.398 e. The molecule has 0 aromatic heterocycles. The van der Waals surface area contributed by atoms with Crippen molar-refractivity contribution in [3.8, 4) is 0 Å². The summed E-state index contributed by atoms with van der Waals surface area (Å²) in [5.41, 5.74) is 11.0. The molecule has 2 nitrogen and oxygen atoms in total. The molecule has 0 amide bonds. The van der Waals surface area contributed by atoms with E-state index in [1.807, 2.05) is 30.3 Å². The molecule has 2 heteroatoms. The van der Waals surface area contributed by atoms with E-state index in [-0.39, 0.29) is 0 Å². The first-order chi connectivity index (χ1) is 4.84. The predicted molar refractivity (Wildman–Crippen MR) is 42.8 cm³/mol. The van der Waals surface area contributed by atoms with E-state index in [1.165, 1.54) is 0 Å². The van der Waals surface area contributed by atoms with Gasteiger partial charge in [-0.05, 0) is 6.07 Å². The van der Waals surface area contributed by atoms with Crippen molar-refractivity contribution in [3.63, 3.8) is 0 Å². The van der Waals surface area contributed by atoms with Crippen LogP contribution >= 0.6 is 0 Å². The number of nitrogens with two attached hydrogens (primary N) is 1. The minimum Gasteiger partial charge on any atom is -0.398 e. The minimum absolute atomic E-state index is 0.794. The molecule has 0 unspecified atom stereocenters. The van der Waals surface area contributed by atoms with Gasteiger partial charge in [-0.3, -0.25) is 0 Å². The first kappa shape index (κ1) is 6.83. The molecule has 0 atom stereocenters. The monoisotopic (exact) mass is 135 g/mol. The highest BCUT2D eigenvalue weighted by Crippen LogP contribution is 2.10. The van der Waals surface area contributed by atoms with Crippen LogP contribution in [0.1, 0.15) is 5.56 Å². The van der Waals surface area contributed by atoms with Crippen LogP contribution in [-0.2, 0) is 0 Å². The van der Waals surface area contributed by atoms with Crippen LogP contribution in [0.25, 0.3) is 6.08 Å². The van der Waals surface area contributed by atoms with Crippen LogP contribution in [0, 0.1) is 0 Å². The predicted octanol–water partition coefficient (Wildman–Crippen LogP) is 0.481. The van der Waals surface area contributed by atoms with E-state index < -0.39 is 0 Å². The quantitative estimate of drug-likeness (QED) is 0.541. The Balaban J connectivity index is 3.03. The van der Waals surface area contributed by atoms with Crippen LogP contribution in [0.15, 0.2) is 30.5 Å². The zero-order valence-electron chi connectivity index (χ0n) is 5.75. The second kappa shape index (κ2) is 3.03. The summed E-state index contributed by atoms with van der Waals surface area (Å²) in [5.74, 6) is 0. The van der Waals surface area contributed by atoms with Gasteiger partial charge in [-0.15, -0.1) is 0 Å². The molecule has 0 heterocycles. The maximum Gasteiger partial charge on any atom is 0.0916 e. The lowest BCUT2D eigenvalue weighted by Crippen LogP contribution is -2.38. The topological polar surface area (TPSA) is 53.7 Å². The van der Waals surface area contributed by atoms with Gasteiger partial charge in [0, 0.05) is 17.3 Å². The molecule has 1 aromatic carbocycles. The first-order valence-electron chi connectivity index (χ1n) is 3.15. The van der Waals surface area contributed by atoms with Crippen LogP contribution in [0.4, 0.5) is 5.69 Å². The number of rotatable bonds is 1. The van der Waals surface area contributed by atoms with Gasteiger partial charge in [0.25, 0.3) is 0 Å². The average molecular weight is 135 g/mol. The second-order valence-electron chi connectivity index (χ2n) is 2.03. The molecule has 1 rings (SSSR count). The smallest absolute Gasteiger partial charge is 0.0916 e. The average Bonchev–Trinajstić information content (AvgIpc) is 1.94. The fraction of sp³-hybridized carbons (Fsp3) is 0. The van der Waals surface area contributed by atoms with Gasteiger partial charge in [0.05, 0.1) is 6.20 Å². The number of nitrogen functional groups attached to an aromatic ring is 1. The van der Waals surface area contributed by atoms with Crippen molar-refractivity contribution in [1.82, 2.24) is 0 Å². The Hall–Kier alpha value is -1.28. The van der Waals surface area contributed by atoms with Crippen molar-refractivity contribution in [1.29, 1.82) is 0 Å². The summed E-state index contributed by atoms with van der Waals surface area (Å²) in [5, 5.41) is 0. The van der Waals surface area contributed by atoms with E-state index in [1.54, 1.807) is 6.20 Å². The molecule has 1 aromatic rings. The molecule has 10 heavy (non-hydrogen) atoms. The van der Waals surface area contributed by atoms with Crippen LogP contribution in [0.2, 0.25) is 0 Å². The fourth-order valence-electron chi connectivity index (χ4n) is 0.790. The van der Waals surface area contributed by atoms with Crippen molar-refractivity contribution in [3.05, 3.63) is 36.0 Å². The summed E-state index contributed by atoms with van der Waals surface area (Å²) in [6.45, 7) is 0. The zero-order valence-corrected chi connectivity index (χ0v) is 5.75. The number of anilines is 1. The van der Waals surface area contributed by atoms with E-state index in [0.717, 1.165) is 11.3 Å². The van der Waals surface area contributed by atoms with Gasteiger partial charge in [-0.1, -0.05) is 18.2 Å². The van der Waals surface area contributed by atoms with Gasteiger partial charge < -0.3 is 11.5 Å². The molecule has 0 fully saturated rings. The molecule has 0 aliphatic heterocycles. The minimum atomic E-state index is 0.794. The number of hydrogen-bond donors (Lipinski definition) is 2. The Labute approximate surface area is 60.2 Å². The normalized spacial score (nSPS) is 10.5. The fourth-order valence-corrected chi connectivity index (χ4v) is 0.790. The van der Waals surface area contributed by atoms with E-state index >= 15 is 0 Å². The van der Waals surface area contributed by atoms with Crippen molar-refractivity contribution in [2.24, 2.45) is 0 Å². The van der Waals surface area contributed by atoms with Crippen LogP contribution in [-0.4, -0.2) is 0 Å². The highest BCUT2D eigenvalue weighted by molar-refractivity contribution is 5.63. The summed E-state index contributed by atoms with van der Waals surface area (Å²) in [4.78, 5) is 0. The molecule has 0 aliphatic carbocycles. The van der Waals surface area contributed by atoms with Gasteiger partial charge in [0.1, 0.15) is 0 Å². The third kappa shape index (κ3) is 1.36. The molecule has 52 valence electrons. The van der Waals surface area contributed by atoms with Crippen LogP contribution in [0.3, 0.4) is 0 Å². The highest BCUT2D eigenvalue weighted by atomic mass is 14.6.